The fraction of sp³-hybridized carbons (Fsp3) is 0.212. The number of carbonyl (C=O) groups is 2. The predicted molar refractivity (Wildman–Crippen MR) is 160 cm³/mol. The molecule has 224 valence electrons. The van der Waals surface area contributed by atoms with Crippen LogP contribution in [0.4, 0.5) is 14.5 Å². The van der Waals surface area contributed by atoms with Crippen molar-refractivity contribution in [2.24, 2.45) is 0 Å². The van der Waals surface area contributed by atoms with Crippen LogP contribution in [0.3, 0.4) is 0 Å². The van der Waals surface area contributed by atoms with E-state index in [1.807, 2.05) is 32.0 Å². The fourth-order valence-corrected chi connectivity index (χ4v) is 6.00. The molecule has 0 aliphatic rings. The van der Waals surface area contributed by atoms with Crippen LogP contribution in [0.1, 0.15) is 56.8 Å². The molecule has 10 heteroatoms. The summed E-state index contributed by atoms with van der Waals surface area (Å²) in [6, 6.07) is 20.3. The molecule has 7 nitrogen and oxygen atoms in total. The van der Waals surface area contributed by atoms with Crippen molar-refractivity contribution >= 4 is 27.6 Å². The van der Waals surface area contributed by atoms with Gasteiger partial charge in [0.2, 0.25) is 10.0 Å². The first-order valence-electron chi connectivity index (χ1n) is 13.7. The molecule has 1 amide bonds. The van der Waals surface area contributed by atoms with Gasteiger partial charge in [-0.05, 0) is 85.0 Å². The highest BCUT2D eigenvalue weighted by Crippen LogP contribution is 2.26. The summed E-state index contributed by atoms with van der Waals surface area (Å²) in [6.07, 6.45) is 0.632. The van der Waals surface area contributed by atoms with Gasteiger partial charge in [-0.15, -0.1) is 0 Å². The first-order valence-corrected chi connectivity index (χ1v) is 15.2. The van der Waals surface area contributed by atoms with E-state index >= 15 is 0 Å². The number of nitrogens with zero attached hydrogens (tertiary/aromatic N) is 1. The summed E-state index contributed by atoms with van der Waals surface area (Å²) >= 11 is 0. The normalized spacial score (nSPS) is 11.4. The molecule has 0 unspecified atom stereocenters. The van der Waals surface area contributed by atoms with E-state index in [-0.39, 0.29) is 24.6 Å². The lowest BCUT2D eigenvalue weighted by atomic mass is 10.1. The van der Waals surface area contributed by atoms with Gasteiger partial charge in [0.1, 0.15) is 11.6 Å². The maximum Gasteiger partial charge on any atom is 0.338 e. The van der Waals surface area contributed by atoms with Crippen LogP contribution in [0.25, 0.3) is 0 Å². The molecular weight excluding hydrogens is 574 g/mol. The second-order valence-corrected chi connectivity index (χ2v) is 11.8. The van der Waals surface area contributed by atoms with E-state index in [9.17, 15) is 26.8 Å². The second-order valence-electron chi connectivity index (χ2n) is 9.88. The van der Waals surface area contributed by atoms with Gasteiger partial charge in [0.05, 0.1) is 22.6 Å². The average Bonchev–Trinajstić information content (AvgIpc) is 2.99. The first-order chi connectivity index (χ1) is 20.5. The minimum absolute atomic E-state index is 0.120. The van der Waals surface area contributed by atoms with Crippen LogP contribution in [0.15, 0.2) is 89.8 Å². The van der Waals surface area contributed by atoms with Crippen LogP contribution in [0.2, 0.25) is 0 Å². The average molecular weight is 607 g/mol. The Morgan fingerprint density at radius 1 is 0.860 bits per heavy atom. The highest BCUT2D eigenvalue weighted by atomic mass is 32.2. The van der Waals surface area contributed by atoms with Crippen LogP contribution in [-0.2, 0) is 34.3 Å². The molecule has 0 heterocycles. The van der Waals surface area contributed by atoms with Gasteiger partial charge in [-0.1, -0.05) is 49.4 Å². The lowest BCUT2D eigenvalue weighted by Gasteiger charge is -2.23. The third-order valence-electron chi connectivity index (χ3n) is 6.89. The summed E-state index contributed by atoms with van der Waals surface area (Å²) in [6.45, 7) is 5.40. The van der Waals surface area contributed by atoms with E-state index in [0.29, 0.717) is 28.8 Å². The lowest BCUT2D eigenvalue weighted by Crippen LogP contribution is -2.30. The number of hydrogen-bond donors (Lipinski definition) is 1. The molecule has 0 radical (unpaired) electrons. The largest absolute Gasteiger partial charge is 0.462 e. The van der Waals surface area contributed by atoms with Crippen molar-refractivity contribution in [2.45, 2.75) is 45.2 Å². The number of carbonyl (C=O) groups excluding carboxylic acids is 2. The molecule has 0 fully saturated rings. The Bertz CT molecular complexity index is 1720. The number of ether oxygens (including phenoxy) is 1. The summed E-state index contributed by atoms with van der Waals surface area (Å²) in [5, 5.41) is 2.74. The smallest absolute Gasteiger partial charge is 0.338 e. The number of esters is 1. The maximum absolute atomic E-state index is 14.9. The molecule has 0 saturated heterocycles. The molecule has 0 bridgehead atoms. The number of rotatable bonds is 11. The van der Waals surface area contributed by atoms with E-state index in [4.69, 9.17) is 4.74 Å². The zero-order chi connectivity index (χ0) is 31.1. The summed E-state index contributed by atoms with van der Waals surface area (Å²) in [7, 11) is -4.31. The van der Waals surface area contributed by atoms with Gasteiger partial charge < -0.3 is 10.1 Å². The molecule has 0 spiro atoms. The first kappa shape index (κ1) is 31.5. The molecule has 0 aliphatic heterocycles. The Labute approximate surface area is 250 Å². The van der Waals surface area contributed by atoms with Crippen LogP contribution in [-0.4, -0.2) is 31.2 Å². The van der Waals surface area contributed by atoms with E-state index in [2.05, 4.69) is 5.32 Å². The van der Waals surface area contributed by atoms with Gasteiger partial charge in [0.15, 0.2) is 0 Å². The highest BCUT2D eigenvalue weighted by Gasteiger charge is 2.28. The van der Waals surface area contributed by atoms with Gasteiger partial charge in [0, 0.05) is 18.8 Å². The molecule has 0 atom stereocenters. The minimum atomic E-state index is -4.31. The van der Waals surface area contributed by atoms with Crippen molar-refractivity contribution in [1.29, 1.82) is 0 Å². The number of anilines is 1. The summed E-state index contributed by atoms with van der Waals surface area (Å²) in [5.41, 5.74) is 3.16. The molecule has 4 aromatic carbocycles. The van der Waals surface area contributed by atoms with Crippen LogP contribution in [0, 0.1) is 18.6 Å². The van der Waals surface area contributed by atoms with Crippen LogP contribution < -0.4 is 5.32 Å². The number of benzene rings is 4. The van der Waals surface area contributed by atoms with E-state index in [1.165, 1.54) is 36.4 Å². The third kappa shape index (κ3) is 7.52. The van der Waals surface area contributed by atoms with Crippen molar-refractivity contribution in [2.75, 3.05) is 11.9 Å². The Morgan fingerprint density at radius 3 is 2.09 bits per heavy atom. The molecule has 43 heavy (non-hydrogen) atoms. The third-order valence-corrected chi connectivity index (χ3v) is 8.68. The fourth-order valence-electron chi connectivity index (χ4n) is 4.55. The van der Waals surface area contributed by atoms with Crippen molar-refractivity contribution in [3.05, 3.63) is 130 Å². The molecule has 1 N–H and O–H groups in total. The van der Waals surface area contributed by atoms with Crippen molar-refractivity contribution in [1.82, 2.24) is 4.31 Å². The topological polar surface area (TPSA) is 92.8 Å². The van der Waals surface area contributed by atoms with Gasteiger partial charge in [-0.3, -0.25) is 4.79 Å². The molecule has 4 aromatic rings. The van der Waals surface area contributed by atoms with Gasteiger partial charge in [-0.25, -0.2) is 22.0 Å². The Balaban J connectivity index is 1.68. The second kappa shape index (κ2) is 13.7. The van der Waals surface area contributed by atoms with E-state index < -0.39 is 39.1 Å². The number of sulfonamides is 1. The summed E-state index contributed by atoms with van der Waals surface area (Å²) in [4.78, 5) is 25.0. The van der Waals surface area contributed by atoms with Gasteiger partial charge in [-0.2, -0.15) is 4.31 Å². The monoisotopic (exact) mass is 606 g/mol. The number of nitrogens with one attached hydrogen (secondary N) is 1. The van der Waals surface area contributed by atoms with Gasteiger partial charge >= 0.3 is 5.97 Å². The molecule has 0 aromatic heterocycles. The number of para-hydroxylation sites is 1. The van der Waals surface area contributed by atoms with Gasteiger partial charge in [0.25, 0.3) is 5.91 Å². The predicted octanol–water partition coefficient (Wildman–Crippen LogP) is 6.66. The molecular formula is C33H32F2N2O5S. The number of hydrogen-bond acceptors (Lipinski definition) is 5. The quantitative estimate of drug-likeness (QED) is 0.193. The minimum Gasteiger partial charge on any atom is -0.462 e. The molecule has 0 aliphatic carbocycles. The standard InChI is InChI=1S/C33H32F2N2O5S/c1-4-25-8-6-7-22(3)31(25)36-32(38)29-19-28(17-18-30(29)35)43(40,41)37(21-24-11-15-27(34)16-12-24)20-23-9-13-26(14-10-23)33(39)42-5-2/h6-19H,4-5,20-21H2,1-3H3,(H,36,38). The number of aryl methyl sites for hydroxylation is 2. The van der Waals surface area contributed by atoms with Crippen molar-refractivity contribution < 1.29 is 31.5 Å². The molecule has 0 saturated carbocycles. The number of amides is 1. The zero-order valence-electron chi connectivity index (χ0n) is 24.1. The maximum atomic E-state index is 14.9. The van der Waals surface area contributed by atoms with Crippen LogP contribution in [0.5, 0.6) is 0 Å². The number of halogens is 2. The Kier molecular flexibility index (Phi) is 10.1. The van der Waals surface area contributed by atoms with E-state index in [1.54, 1.807) is 19.1 Å². The van der Waals surface area contributed by atoms with E-state index in [0.717, 1.165) is 33.6 Å². The SMILES string of the molecule is CCOC(=O)c1ccc(CN(Cc2ccc(F)cc2)S(=O)(=O)c2ccc(F)c(C(=O)Nc3c(C)cccc3CC)c2)cc1. The zero-order valence-corrected chi connectivity index (χ0v) is 24.9. The van der Waals surface area contributed by atoms with Crippen LogP contribution >= 0.6 is 0 Å². The lowest BCUT2D eigenvalue weighted by molar-refractivity contribution is 0.0526. The Morgan fingerprint density at radius 2 is 1.49 bits per heavy atom. The highest BCUT2D eigenvalue weighted by molar-refractivity contribution is 7.89. The molecule has 4 rings (SSSR count). The van der Waals surface area contributed by atoms with Crippen molar-refractivity contribution in [3.8, 4) is 0 Å². The summed E-state index contributed by atoms with van der Waals surface area (Å²) < 4.78 is 62.6. The van der Waals surface area contributed by atoms with Crippen molar-refractivity contribution in [3.63, 3.8) is 0 Å². The Hall–Kier alpha value is -4.41. The summed E-state index contributed by atoms with van der Waals surface area (Å²) in [5.74, 6) is -2.62.